The largest absolute Gasteiger partial charge is 0.490 e. The molecule has 0 radical (unpaired) electrons. The molecule has 0 atom stereocenters. The lowest BCUT2D eigenvalue weighted by atomic mass is 10.1. The highest BCUT2D eigenvalue weighted by molar-refractivity contribution is 7.09. The van der Waals surface area contributed by atoms with Crippen molar-refractivity contribution in [2.45, 2.75) is 6.54 Å². The topological polar surface area (TPSA) is 81.9 Å². The molecule has 0 unspecified atom stereocenters. The van der Waals surface area contributed by atoms with Crippen LogP contribution in [0.25, 0.3) is 0 Å². The third-order valence-corrected chi connectivity index (χ3v) is 4.26. The van der Waals surface area contributed by atoms with Crippen LogP contribution in [-0.4, -0.2) is 43.1 Å². The lowest BCUT2D eigenvalue weighted by Crippen LogP contribution is -2.33. The second kappa shape index (κ2) is 8.42. The highest BCUT2D eigenvalue weighted by Crippen LogP contribution is 2.28. The third kappa shape index (κ3) is 4.30. The van der Waals surface area contributed by atoms with Gasteiger partial charge in [0.05, 0.1) is 25.2 Å². The first-order valence-electron chi connectivity index (χ1n) is 7.19. The molecular weight excluding hydrogens is 332 g/mol. The van der Waals surface area contributed by atoms with E-state index < -0.39 is 4.92 Å². The van der Waals surface area contributed by atoms with Gasteiger partial charge in [0.15, 0.2) is 5.75 Å². The number of nitrogens with zero attached hydrogens (tertiary/aromatic N) is 2. The fourth-order valence-electron chi connectivity index (χ4n) is 2.19. The number of methoxy groups -OCH3 is 2. The first kappa shape index (κ1) is 17.9. The van der Waals surface area contributed by atoms with Gasteiger partial charge in [-0.1, -0.05) is 6.07 Å². The molecule has 0 aliphatic heterocycles. The number of nitro groups is 1. The minimum Gasteiger partial charge on any atom is -0.490 e. The molecule has 24 heavy (non-hydrogen) atoms. The molecule has 0 aliphatic rings. The average Bonchev–Trinajstić information content (AvgIpc) is 3.10. The van der Waals surface area contributed by atoms with Crippen molar-refractivity contribution in [3.8, 4) is 5.75 Å². The molecular formula is C16H18N2O5S. The summed E-state index contributed by atoms with van der Waals surface area (Å²) in [7, 11) is 2.91. The van der Waals surface area contributed by atoms with E-state index >= 15 is 0 Å². The molecule has 0 spiro atoms. The highest BCUT2D eigenvalue weighted by Gasteiger charge is 2.22. The zero-order chi connectivity index (χ0) is 17.5. The van der Waals surface area contributed by atoms with Crippen LogP contribution in [0.15, 0.2) is 35.7 Å². The monoisotopic (exact) mass is 350 g/mol. The smallest absolute Gasteiger partial charge is 0.311 e. The Labute approximate surface area is 143 Å². The summed E-state index contributed by atoms with van der Waals surface area (Å²) in [5.41, 5.74) is 0.0151. The molecule has 1 aromatic carbocycles. The SMILES string of the molecule is COCCN(Cc1cccs1)C(=O)c1ccc(OC)c([N+](=O)[O-])c1. The number of ether oxygens (including phenoxy) is 2. The van der Waals surface area contributed by atoms with Crippen molar-refractivity contribution in [3.05, 3.63) is 56.3 Å². The van der Waals surface area contributed by atoms with E-state index in [1.54, 1.807) is 23.3 Å². The van der Waals surface area contributed by atoms with Crippen molar-refractivity contribution in [2.75, 3.05) is 27.4 Å². The van der Waals surface area contributed by atoms with E-state index in [2.05, 4.69) is 0 Å². The fourth-order valence-corrected chi connectivity index (χ4v) is 2.91. The Kier molecular flexibility index (Phi) is 6.28. The number of nitro benzene ring substituents is 1. The number of carbonyl (C=O) groups excluding carboxylic acids is 1. The minimum absolute atomic E-state index is 0.123. The Balaban J connectivity index is 2.27. The van der Waals surface area contributed by atoms with E-state index in [4.69, 9.17) is 9.47 Å². The Morgan fingerprint density at radius 2 is 2.12 bits per heavy atom. The molecule has 0 N–H and O–H groups in total. The third-order valence-electron chi connectivity index (χ3n) is 3.40. The van der Waals surface area contributed by atoms with Crippen LogP contribution < -0.4 is 4.74 Å². The number of thiophene rings is 1. The van der Waals surface area contributed by atoms with Gasteiger partial charge < -0.3 is 14.4 Å². The number of hydrogen-bond donors (Lipinski definition) is 0. The lowest BCUT2D eigenvalue weighted by molar-refractivity contribution is -0.385. The molecule has 0 aliphatic carbocycles. The van der Waals surface area contributed by atoms with Crippen LogP contribution in [0.2, 0.25) is 0 Å². The molecule has 128 valence electrons. The van der Waals surface area contributed by atoms with Gasteiger partial charge in [0.2, 0.25) is 0 Å². The van der Waals surface area contributed by atoms with Crippen molar-refractivity contribution in [3.63, 3.8) is 0 Å². The quantitative estimate of drug-likeness (QED) is 0.540. The Morgan fingerprint density at radius 1 is 1.33 bits per heavy atom. The van der Waals surface area contributed by atoms with Gasteiger partial charge in [0.1, 0.15) is 0 Å². The summed E-state index contributed by atoms with van der Waals surface area (Å²) in [6, 6.07) is 8.06. The minimum atomic E-state index is -0.561. The first-order valence-corrected chi connectivity index (χ1v) is 8.07. The van der Waals surface area contributed by atoms with Crippen molar-refractivity contribution in [1.82, 2.24) is 4.90 Å². The summed E-state index contributed by atoms with van der Waals surface area (Å²) >= 11 is 1.55. The standard InChI is InChI=1S/C16H18N2O5S/c1-22-8-7-17(11-13-4-3-9-24-13)16(19)12-5-6-15(23-2)14(10-12)18(20)21/h3-6,9-10H,7-8,11H2,1-2H3. The van der Waals surface area contributed by atoms with E-state index in [1.165, 1.54) is 25.3 Å². The van der Waals surface area contributed by atoms with Gasteiger partial charge in [-0.25, -0.2) is 0 Å². The Bertz CT molecular complexity index is 702. The van der Waals surface area contributed by atoms with Gasteiger partial charge in [0.25, 0.3) is 5.91 Å². The van der Waals surface area contributed by atoms with Crippen LogP contribution >= 0.6 is 11.3 Å². The van der Waals surface area contributed by atoms with E-state index in [1.807, 2.05) is 17.5 Å². The van der Waals surface area contributed by atoms with Crippen LogP contribution in [0.1, 0.15) is 15.2 Å². The van der Waals surface area contributed by atoms with E-state index in [-0.39, 0.29) is 22.9 Å². The predicted octanol–water partition coefficient (Wildman–Crippen LogP) is 2.95. The summed E-state index contributed by atoms with van der Waals surface area (Å²) < 4.78 is 10.0. The molecule has 1 aromatic heterocycles. The van der Waals surface area contributed by atoms with Gasteiger partial charge >= 0.3 is 5.69 Å². The van der Waals surface area contributed by atoms with Crippen LogP contribution in [-0.2, 0) is 11.3 Å². The van der Waals surface area contributed by atoms with Gasteiger partial charge in [-0.3, -0.25) is 14.9 Å². The number of hydrogen-bond acceptors (Lipinski definition) is 6. The van der Waals surface area contributed by atoms with Gasteiger partial charge in [-0.2, -0.15) is 0 Å². The molecule has 0 saturated heterocycles. The van der Waals surface area contributed by atoms with E-state index in [0.29, 0.717) is 19.7 Å². The molecule has 2 rings (SSSR count). The van der Waals surface area contributed by atoms with Crippen molar-refractivity contribution in [2.24, 2.45) is 0 Å². The van der Waals surface area contributed by atoms with Crippen molar-refractivity contribution < 1.29 is 19.2 Å². The van der Waals surface area contributed by atoms with Crippen molar-refractivity contribution >= 4 is 22.9 Å². The number of amides is 1. The van der Waals surface area contributed by atoms with Crippen molar-refractivity contribution in [1.29, 1.82) is 0 Å². The maximum absolute atomic E-state index is 12.8. The molecule has 0 fully saturated rings. The van der Waals surface area contributed by atoms with Gasteiger partial charge in [0, 0.05) is 30.2 Å². The second-order valence-corrected chi connectivity index (χ2v) is 5.97. The molecule has 8 heteroatoms. The summed E-state index contributed by atoms with van der Waals surface area (Å²) in [4.78, 5) is 26.0. The molecule has 1 amide bonds. The number of benzene rings is 1. The van der Waals surface area contributed by atoms with Crippen LogP contribution in [0.3, 0.4) is 0 Å². The second-order valence-electron chi connectivity index (χ2n) is 4.94. The van der Waals surface area contributed by atoms with E-state index in [0.717, 1.165) is 4.88 Å². The first-order chi connectivity index (χ1) is 11.6. The fraction of sp³-hybridized carbons (Fsp3) is 0.312. The average molecular weight is 350 g/mol. The van der Waals surface area contributed by atoms with E-state index in [9.17, 15) is 14.9 Å². The van der Waals surface area contributed by atoms with Crippen LogP contribution in [0.4, 0.5) is 5.69 Å². The maximum atomic E-state index is 12.8. The van der Waals surface area contributed by atoms with Gasteiger partial charge in [-0.05, 0) is 23.6 Å². The molecule has 2 aromatic rings. The van der Waals surface area contributed by atoms with Gasteiger partial charge in [-0.15, -0.1) is 11.3 Å². The predicted molar refractivity (Wildman–Crippen MR) is 90.6 cm³/mol. The summed E-state index contributed by atoms with van der Waals surface area (Å²) in [6.07, 6.45) is 0. The lowest BCUT2D eigenvalue weighted by Gasteiger charge is -2.22. The normalized spacial score (nSPS) is 10.4. The molecule has 0 saturated carbocycles. The molecule has 7 nitrogen and oxygen atoms in total. The zero-order valence-corrected chi connectivity index (χ0v) is 14.2. The maximum Gasteiger partial charge on any atom is 0.311 e. The highest BCUT2D eigenvalue weighted by atomic mass is 32.1. The summed E-state index contributed by atoms with van der Waals surface area (Å²) in [5, 5.41) is 13.1. The molecule has 1 heterocycles. The Hall–Kier alpha value is -2.45. The van der Waals surface area contributed by atoms with Crippen LogP contribution in [0.5, 0.6) is 5.75 Å². The zero-order valence-electron chi connectivity index (χ0n) is 13.4. The summed E-state index contributed by atoms with van der Waals surface area (Å²) in [5.74, 6) is -0.163. The summed E-state index contributed by atoms with van der Waals surface area (Å²) in [6.45, 7) is 1.21. The number of carbonyl (C=O) groups is 1. The number of rotatable bonds is 8. The molecule has 0 bridgehead atoms. The Morgan fingerprint density at radius 3 is 2.71 bits per heavy atom. The van der Waals surface area contributed by atoms with Crippen LogP contribution in [0, 0.1) is 10.1 Å².